The quantitative estimate of drug-likeness (QED) is 0.593. The van der Waals surface area contributed by atoms with Gasteiger partial charge in [-0.1, -0.05) is 6.92 Å². The Morgan fingerprint density at radius 1 is 1.70 bits per heavy atom. The monoisotopic (exact) mass is 164 g/mol. The minimum Gasteiger partial charge on any atom is -0.481 e. The molecule has 0 rings (SSSR count). The zero-order valence-electron chi connectivity index (χ0n) is 5.91. The molecule has 0 aromatic carbocycles. The molecule has 0 fully saturated rings. The van der Waals surface area contributed by atoms with Crippen LogP contribution in [0.4, 0.5) is 0 Å². The average molecular weight is 164 g/mol. The van der Waals surface area contributed by atoms with E-state index in [0.29, 0.717) is 0 Å². The molecule has 60 valence electrons. The molecule has 1 atom stereocenters. The summed E-state index contributed by atoms with van der Waals surface area (Å²) in [6, 6.07) is 0. The van der Waals surface area contributed by atoms with Crippen LogP contribution in [-0.4, -0.2) is 27.4 Å². The highest BCUT2D eigenvalue weighted by atomic mass is 32.2. The molecule has 0 saturated heterocycles. The summed E-state index contributed by atoms with van der Waals surface area (Å²) < 4.78 is 0. The number of carboxylic acid groups (broad SMARTS) is 1. The molecule has 0 aromatic heterocycles. The van der Waals surface area contributed by atoms with Crippen molar-refractivity contribution in [3.8, 4) is 0 Å². The van der Waals surface area contributed by atoms with Gasteiger partial charge in [0, 0.05) is 0 Å². The molecule has 4 heteroatoms. The molecule has 0 aliphatic carbocycles. The van der Waals surface area contributed by atoms with Gasteiger partial charge in [0.15, 0.2) is 0 Å². The molecule has 10 heavy (non-hydrogen) atoms. The van der Waals surface area contributed by atoms with Crippen molar-refractivity contribution >= 4 is 17.7 Å². The zero-order chi connectivity index (χ0) is 7.98. The van der Waals surface area contributed by atoms with Gasteiger partial charge in [-0.2, -0.15) is 0 Å². The fraction of sp³-hybridized carbons (Fsp3) is 0.833. The van der Waals surface area contributed by atoms with E-state index in [-0.39, 0.29) is 6.42 Å². The molecule has 2 N–H and O–H groups in total. The summed E-state index contributed by atoms with van der Waals surface area (Å²) in [5, 5.41) is 17.1. The highest BCUT2D eigenvalue weighted by Crippen LogP contribution is 2.11. The van der Waals surface area contributed by atoms with E-state index in [4.69, 9.17) is 10.2 Å². The lowest BCUT2D eigenvalue weighted by Crippen LogP contribution is -2.08. The van der Waals surface area contributed by atoms with Gasteiger partial charge in [-0.05, 0) is 12.2 Å². The van der Waals surface area contributed by atoms with E-state index in [1.54, 1.807) is 0 Å². The van der Waals surface area contributed by atoms with E-state index >= 15 is 0 Å². The molecular formula is C6H12O3S. The summed E-state index contributed by atoms with van der Waals surface area (Å²) in [5.41, 5.74) is -0.738. The van der Waals surface area contributed by atoms with E-state index < -0.39 is 11.4 Å². The standard InChI is InChI=1S/C6H12O3S/c1-2-3-10-6(9)4-5(7)8/h6,9H,2-4H2,1H3,(H,7,8). The number of hydrogen-bond donors (Lipinski definition) is 2. The van der Waals surface area contributed by atoms with Crippen LogP contribution in [0.15, 0.2) is 0 Å². The Kier molecular flexibility index (Phi) is 5.43. The second kappa shape index (κ2) is 5.56. The summed E-state index contributed by atoms with van der Waals surface area (Å²) in [6.07, 6.45) is 0.798. The first-order chi connectivity index (χ1) is 4.66. The van der Waals surface area contributed by atoms with Crippen molar-refractivity contribution in [2.24, 2.45) is 0 Å². The summed E-state index contributed by atoms with van der Waals surface area (Å²) in [7, 11) is 0. The topological polar surface area (TPSA) is 57.5 Å². The van der Waals surface area contributed by atoms with Crippen LogP contribution < -0.4 is 0 Å². The number of rotatable bonds is 5. The molecule has 0 spiro atoms. The van der Waals surface area contributed by atoms with Crippen molar-refractivity contribution in [3.63, 3.8) is 0 Å². The van der Waals surface area contributed by atoms with Crippen LogP contribution in [0, 0.1) is 0 Å². The van der Waals surface area contributed by atoms with E-state index in [9.17, 15) is 4.79 Å². The molecular weight excluding hydrogens is 152 g/mol. The van der Waals surface area contributed by atoms with E-state index in [1.165, 1.54) is 11.8 Å². The SMILES string of the molecule is CCCSC(O)CC(=O)O. The Balaban J connectivity index is 3.25. The fourth-order valence-electron chi connectivity index (χ4n) is 0.462. The van der Waals surface area contributed by atoms with E-state index in [0.717, 1.165) is 12.2 Å². The summed E-state index contributed by atoms with van der Waals surface area (Å²) in [5.74, 6) is -0.134. The molecule has 0 aromatic rings. The highest BCUT2D eigenvalue weighted by molar-refractivity contribution is 7.99. The van der Waals surface area contributed by atoms with E-state index in [1.807, 2.05) is 6.92 Å². The lowest BCUT2D eigenvalue weighted by Gasteiger charge is -2.04. The molecule has 0 bridgehead atoms. The van der Waals surface area contributed by atoms with Gasteiger partial charge in [-0.25, -0.2) is 0 Å². The smallest absolute Gasteiger partial charge is 0.306 e. The third-order valence-corrected chi connectivity index (χ3v) is 2.06. The molecule has 0 aliphatic rings. The number of carbonyl (C=O) groups is 1. The molecule has 0 saturated carbocycles. The van der Waals surface area contributed by atoms with Crippen LogP contribution in [0.25, 0.3) is 0 Å². The second-order valence-corrected chi connectivity index (χ2v) is 3.21. The van der Waals surface area contributed by atoms with Crippen LogP contribution in [0.5, 0.6) is 0 Å². The molecule has 0 amide bonds. The van der Waals surface area contributed by atoms with Crippen LogP contribution in [-0.2, 0) is 4.79 Å². The zero-order valence-corrected chi connectivity index (χ0v) is 6.73. The third kappa shape index (κ3) is 5.91. The number of carboxylic acids is 1. The Labute approximate surface area is 64.4 Å². The lowest BCUT2D eigenvalue weighted by molar-refractivity contribution is -0.138. The number of aliphatic hydroxyl groups is 1. The van der Waals surface area contributed by atoms with Crippen molar-refractivity contribution < 1.29 is 15.0 Å². The minimum absolute atomic E-state index is 0.162. The average Bonchev–Trinajstić information content (AvgIpc) is 1.82. The maximum atomic E-state index is 10.00. The van der Waals surface area contributed by atoms with Gasteiger partial charge >= 0.3 is 5.97 Å². The van der Waals surface area contributed by atoms with Crippen LogP contribution in [0.2, 0.25) is 0 Å². The van der Waals surface area contributed by atoms with Gasteiger partial charge in [0.05, 0.1) is 6.42 Å². The minimum atomic E-state index is -0.948. The van der Waals surface area contributed by atoms with E-state index in [2.05, 4.69) is 0 Å². The Morgan fingerprint density at radius 3 is 2.70 bits per heavy atom. The highest BCUT2D eigenvalue weighted by Gasteiger charge is 2.07. The van der Waals surface area contributed by atoms with Crippen LogP contribution >= 0.6 is 11.8 Å². The van der Waals surface area contributed by atoms with Crippen LogP contribution in [0.1, 0.15) is 19.8 Å². The number of aliphatic hydroxyl groups excluding tert-OH is 1. The van der Waals surface area contributed by atoms with Gasteiger partial charge in [-0.3, -0.25) is 4.79 Å². The first-order valence-corrected chi connectivity index (χ1v) is 4.23. The maximum absolute atomic E-state index is 10.00. The molecule has 3 nitrogen and oxygen atoms in total. The predicted molar refractivity (Wildman–Crippen MR) is 41.0 cm³/mol. The Hall–Kier alpha value is -0.220. The largest absolute Gasteiger partial charge is 0.481 e. The van der Waals surface area contributed by atoms with Gasteiger partial charge < -0.3 is 10.2 Å². The first kappa shape index (κ1) is 9.78. The van der Waals surface area contributed by atoms with Gasteiger partial charge in [-0.15, -0.1) is 11.8 Å². The van der Waals surface area contributed by atoms with Crippen molar-refractivity contribution in [1.29, 1.82) is 0 Å². The second-order valence-electron chi connectivity index (χ2n) is 1.92. The Morgan fingerprint density at radius 2 is 2.30 bits per heavy atom. The normalized spacial score (nSPS) is 13.0. The van der Waals surface area contributed by atoms with Crippen molar-refractivity contribution in [3.05, 3.63) is 0 Å². The summed E-state index contributed by atoms with van der Waals surface area (Å²) in [6.45, 7) is 1.99. The lowest BCUT2D eigenvalue weighted by atomic mass is 10.5. The van der Waals surface area contributed by atoms with Crippen LogP contribution in [0.3, 0.4) is 0 Å². The Bertz CT molecular complexity index is 105. The molecule has 1 unspecified atom stereocenters. The predicted octanol–water partition coefficient (Wildman–Crippen LogP) is 0.923. The first-order valence-electron chi connectivity index (χ1n) is 3.18. The number of aliphatic carboxylic acids is 1. The fourth-order valence-corrected chi connectivity index (χ4v) is 1.23. The summed E-state index contributed by atoms with van der Waals surface area (Å²) in [4.78, 5) is 10.00. The van der Waals surface area contributed by atoms with Crippen molar-refractivity contribution in [1.82, 2.24) is 0 Å². The third-order valence-electron chi connectivity index (χ3n) is 0.864. The maximum Gasteiger partial charge on any atom is 0.306 e. The van der Waals surface area contributed by atoms with Crippen molar-refractivity contribution in [2.45, 2.75) is 25.2 Å². The van der Waals surface area contributed by atoms with Gasteiger partial charge in [0.1, 0.15) is 5.44 Å². The van der Waals surface area contributed by atoms with Gasteiger partial charge in [0.25, 0.3) is 0 Å². The number of hydrogen-bond acceptors (Lipinski definition) is 3. The van der Waals surface area contributed by atoms with Crippen molar-refractivity contribution in [2.75, 3.05) is 5.75 Å². The molecule has 0 aliphatic heterocycles. The molecule has 0 radical (unpaired) electrons. The van der Waals surface area contributed by atoms with Gasteiger partial charge in [0.2, 0.25) is 0 Å². The number of thioether (sulfide) groups is 1. The summed E-state index contributed by atoms with van der Waals surface area (Å²) >= 11 is 1.28. The molecule has 0 heterocycles.